The number of halogens is 1. The maximum atomic E-state index is 13.0. The van der Waals surface area contributed by atoms with E-state index in [0.717, 1.165) is 10.9 Å². The minimum Gasteiger partial charge on any atom is -0.349 e. The number of aromatic nitrogens is 3. The van der Waals surface area contributed by atoms with Crippen LogP contribution in [-0.2, 0) is 6.54 Å². The summed E-state index contributed by atoms with van der Waals surface area (Å²) >= 11 is 0. The smallest absolute Gasteiger partial charge is 0.269 e. The van der Waals surface area contributed by atoms with Crippen LogP contribution in [0.5, 0.6) is 0 Å². The summed E-state index contributed by atoms with van der Waals surface area (Å²) in [6, 6.07) is 18.2. The van der Waals surface area contributed by atoms with E-state index < -0.39 is 0 Å². The minimum absolute atomic E-state index is 0.252. The van der Waals surface area contributed by atoms with Crippen LogP contribution < -0.4 is 10.9 Å². The normalized spacial score (nSPS) is 10.8. The lowest BCUT2D eigenvalue weighted by molar-refractivity contribution is 0.0947. The maximum Gasteiger partial charge on any atom is 0.269 e. The zero-order chi connectivity index (χ0) is 20.2. The van der Waals surface area contributed by atoms with Crippen molar-refractivity contribution in [2.45, 2.75) is 6.54 Å². The average Bonchev–Trinajstić information content (AvgIpc) is 2.75. The van der Waals surface area contributed by atoms with E-state index in [-0.39, 0.29) is 30.4 Å². The van der Waals surface area contributed by atoms with Crippen LogP contribution in [0.15, 0.2) is 77.9 Å². The van der Waals surface area contributed by atoms with Crippen LogP contribution in [0.25, 0.3) is 22.2 Å². The lowest BCUT2D eigenvalue weighted by Crippen LogP contribution is -2.31. The van der Waals surface area contributed by atoms with Crippen LogP contribution in [-0.4, -0.2) is 27.0 Å². The minimum atomic E-state index is -0.348. The number of nitrogens with one attached hydrogen (secondary N) is 1. The molecule has 0 radical (unpaired) electrons. The zero-order valence-electron chi connectivity index (χ0n) is 15.4. The zero-order valence-corrected chi connectivity index (χ0v) is 15.4. The van der Waals surface area contributed by atoms with Gasteiger partial charge in [0.05, 0.1) is 17.5 Å². The topological polar surface area (TPSA) is 76.9 Å². The number of nitrogens with zero attached hydrogens (tertiary/aromatic N) is 3. The van der Waals surface area contributed by atoms with Crippen molar-refractivity contribution in [3.8, 4) is 11.3 Å². The molecule has 0 fully saturated rings. The van der Waals surface area contributed by atoms with Crippen LogP contribution in [0.3, 0.4) is 0 Å². The second kappa shape index (κ2) is 8.02. The van der Waals surface area contributed by atoms with Gasteiger partial charge in [0.15, 0.2) is 0 Å². The Bertz CT molecular complexity index is 1240. The third-order valence-electron chi connectivity index (χ3n) is 4.49. The summed E-state index contributed by atoms with van der Waals surface area (Å²) in [7, 11) is 0. The second-order valence-electron chi connectivity index (χ2n) is 6.46. The monoisotopic (exact) mass is 388 g/mol. The van der Waals surface area contributed by atoms with Gasteiger partial charge < -0.3 is 5.32 Å². The Morgan fingerprint density at radius 2 is 1.83 bits per heavy atom. The average molecular weight is 388 g/mol. The number of carbonyl (C=O) groups excluding carboxylic acids is 1. The van der Waals surface area contributed by atoms with Crippen molar-refractivity contribution in [1.82, 2.24) is 19.9 Å². The van der Waals surface area contributed by atoms with Crippen molar-refractivity contribution in [1.29, 1.82) is 0 Å². The highest BCUT2D eigenvalue weighted by molar-refractivity contribution is 5.94. The van der Waals surface area contributed by atoms with E-state index in [9.17, 15) is 14.0 Å². The number of hydrogen-bond donors (Lipinski definition) is 1. The van der Waals surface area contributed by atoms with Gasteiger partial charge in [0.25, 0.3) is 11.5 Å². The van der Waals surface area contributed by atoms with Crippen LogP contribution in [0, 0.1) is 5.82 Å². The Morgan fingerprint density at radius 1 is 1.03 bits per heavy atom. The summed E-state index contributed by atoms with van der Waals surface area (Å²) in [5, 5.41) is 3.72. The molecule has 0 aliphatic rings. The van der Waals surface area contributed by atoms with Gasteiger partial charge in [-0.25, -0.2) is 14.4 Å². The van der Waals surface area contributed by atoms with Crippen molar-refractivity contribution in [2.24, 2.45) is 0 Å². The summed E-state index contributed by atoms with van der Waals surface area (Å²) in [5.74, 6) is -0.654. The van der Waals surface area contributed by atoms with E-state index in [1.165, 1.54) is 29.1 Å². The van der Waals surface area contributed by atoms with Gasteiger partial charge in [0, 0.05) is 30.1 Å². The molecular formula is C22H17FN4O2. The summed E-state index contributed by atoms with van der Waals surface area (Å²) in [6.45, 7) is 0.527. The maximum absolute atomic E-state index is 13.0. The van der Waals surface area contributed by atoms with Crippen molar-refractivity contribution in [3.05, 3.63) is 94.9 Å². The fraction of sp³-hybridized carbons (Fsp3) is 0.0909. The van der Waals surface area contributed by atoms with Gasteiger partial charge in [-0.2, -0.15) is 0 Å². The summed E-state index contributed by atoms with van der Waals surface area (Å²) in [5.41, 5.74) is 1.94. The lowest BCUT2D eigenvalue weighted by atomic mass is 10.1. The molecule has 0 atom stereocenters. The molecule has 0 aliphatic heterocycles. The molecule has 2 aromatic heterocycles. The van der Waals surface area contributed by atoms with Crippen LogP contribution >= 0.6 is 0 Å². The quantitative estimate of drug-likeness (QED) is 0.570. The predicted octanol–water partition coefficient (Wildman–Crippen LogP) is 3.03. The van der Waals surface area contributed by atoms with Gasteiger partial charge in [-0.3, -0.25) is 14.2 Å². The third-order valence-corrected chi connectivity index (χ3v) is 4.49. The van der Waals surface area contributed by atoms with Crippen molar-refractivity contribution in [3.63, 3.8) is 0 Å². The van der Waals surface area contributed by atoms with E-state index in [4.69, 9.17) is 0 Å². The predicted molar refractivity (Wildman–Crippen MR) is 108 cm³/mol. The fourth-order valence-corrected chi connectivity index (χ4v) is 2.95. The van der Waals surface area contributed by atoms with Crippen molar-refractivity contribution < 1.29 is 9.18 Å². The molecule has 1 N–H and O–H groups in total. The van der Waals surface area contributed by atoms with Gasteiger partial charge in [0.2, 0.25) is 0 Å². The van der Waals surface area contributed by atoms with E-state index in [1.807, 2.05) is 30.3 Å². The molecule has 0 unspecified atom stereocenters. The third kappa shape index (κ3) is 4.19. The van der Waals surface area contributed by atoms with Crippen LogP contribution in [0.2, 0.25) is 0 Å². The lowest BCUT2D eigenvalue weighted by Gasteiger charge is -2.08. The molecule has 2 aromatic carbocycles. The molecule has 6 nitrogen and oxygen atoms in total. The summed E-state index contributed by atoms with van der Waals surface area (Å²) in [4.78, 5) is 33.2. The first-order chi connectivity index (χ1) is 14.1. The number of benzene rings is 2. The molecule has 4 aromatic rings. The molecule has 0 saturated heterocycles. The Morgan fingerprint density at radius 3 is 2.62 bits per heavy atom. The molecule has 7 heteroatoms. The van der Waals surface area contributed by atoms with Gasteiger partial charge in [-0.05, 0) is 36.4 Å². The largest absolute Gasteiger partial charge is 0.349 e. The number of pyridine rings is 1. The summed E-state index contributed by atoms with van der Waals surface area (Å²) in [6.07, 6.45) is 1.42. The highest BCUT2D eigenvalue weighted by atomic mass is 19.1. The SMILES string of the molecule is O=C(NCCn1cnc(-c2ccc(F)cc2)cc1=O)c1ccc2ccccc2n1. The van der Waals surface area contributed by atoms with Crippen molar-refractivity contribution in [2.75, 3.05) is 6.54 Å². The molecule has 2 heterocycles. The Balaban J connectivity index is 1.40. The molecule has 0 bridgehead atoms. The molecule has 144 valence electrons. The van der Waals surface area contributed by atoms with E-state index in [2.05, 4.69) is 15.3 Å². The number of rotatable bonds is 5. The molecule has 4 rings (SSSR count). The number of fused-ring (bicyclic) bond motifs is 1. The molecule has 29 heavy (non-hydrogen) atoms. The number of carbonyl (C=O) groups is 1. The first-order valence-electron chi connectivity index (χ1n) is 9.06. The number of para-hydroxylation sites is 1. The Hall–Kier alpha value is -3.87. The van der Waals surface area contributed by atoms with Gasteiger partial charge in [0.1, 0.15) is 11.5 Å². The first kappa shape index (κ1) is 18.5. The van der Waals surface area contributed by atoms with Crippen LogP contribution in [0.1, 0.15) is 10.5 Å². The standard InChI is InChI=1S/C22H17FN4O2/c23-17-8-5-16(6-9-17)20-13-21(28)27(14-25-20)12-11-24-22(29)19-10-7-15-3-1-2-4-18(15)26-19/h1-10,13-14H,11-12H2,(H,24,29). The van der Waals surface area contributed by atoms with Gasteiger partial charge >= 0.3 is 0 Å². The molecule has 0 aliphatic carbocycles. The highest BCUT2D eigenvalue weighted by Crippen LogP contribution is 2.15. The van der Waals surface area contributed by atoms with Crippen molar-refractivity contribution >= 4 is 16.8 Å². The van der Waals surface area contributed by atoms with E-state index >= 15 is 0 Å². The Kier molecular flexibility index (Phi) is 5.11. The fourth-order valence-electron chi connectivity index (χ4n) is 2.95. The number of hydrogen-bond acceptors (Lipinski definition) is 4. The Labute approximate surface area is 165 Å². The van der Waals surface area contributed by atoms with Gasteiger partial charge in [-0.1, -0.05) is 24.3 Å². The van der Waals surface area contributed by atoms with Gasteiger partial charge in [-0.15, -0.1) is 0 Å². The van der Waals surface area contributed by atoms with E-state index in [1.54, 1.807) is 18.2 Å². The first-order valence-corrected chi connectivity index (χ1v) is 9.06. The molecule has 1 amide bonds. The van der Waals surface area contributed by atoms with Crippen LogP contribution in [0.4, 0.5) is 4.39 Å². The van der Waals surface area contributed by atoms with E-state index in [0.29, 0.717) is 17.0 Å². The molecule has 0 spiro atoms. The highest BCUT2D eigenvalue weighted by Gasteiger charge is 2.08. The summed E-state index contributed by atoms with van der Waals surface area (Å²) < 4.78 is 14.4. The second-order valence-corrected chi connectivity index (χ2v) is 6.46. The number of amides is 1. The molecular weight excluding hydrogens is 371 g/mol. The molecule has 0 saturated carbocycles.